The molecule has 106 valence electrons. The fourth-order valence-corrected chi connectivity index (χ4v) is 4.37. The van der Waals surface area contributed by atoms with Crippen molar-refractivity contribution in [3.8, 4) is 0 Å². The van der Waals surface area contributed by atoms with E-state index in [-0.39, 0.29) is 0 Å². The van der Waals surface area contributed by atoms with Gasteiger partial charge in [-0.3, -0.25) is 0 Å². The highest BCUT2D eigenvalue weighted by Crippen LogP contribution is 2.37. The van der Waals surface area contributed by atoms with Crippen LogP contribution in [0.3, 0.4) is 0 Å². The number of hydrogen-bond acceptors (Lipinski definition) is 0. The quantitative estimate of drug-likeness (QED) is 0.545. The van der Waals surface area contributed by atoms with Crippen molar-refractivity contribution in [3.63, 3.8) is 0 Å². The molecule has 18 heavy (non-hydrogen) atoms. The fraction of sp³-hybridized carbons (Fsp3) is 1.00. The second-order valence-electron chi connectivity index (χ2n) is 7.60. The van der Waals surface area contributed by atoms with Gasteiger partial charge >= 0.3 is 0 Å². The smallest absolute Gasteiger partial charge is 0.0412 e. The predicted molar refractivity (Wildman–Crippen MR) is 80.7 cm³/mol. The van der Waals surface area contributed by atoms with Crippen molar-refractivity contribution < 1.29 is 0 Å². The molecule has 2 saturated carbocycles. The molecule has 0 atom stereocenters. The average molecular weight is 250 g/mol. The lowest BCUT2D eigenvalue weighted by molar-refractivity contribution is 0.217. The Morgan fingerprint density at radius 3 is 1.72 bits per heavy atom. The van der Waals surface area contributed by atoms with Crippen LogP contribution in [0, 0.1) is 23.7 Å². The van der Waals surface area contributed by atoms with Crippen molar-refractivity contribution in [2.75, 3.05) is 0 Å². The molecule has 0 unspecified atom stereocenters. The van der Waals surface area contributed by atoms with Crippen LogP contribution in [0.2, 0.25) is 0 Å². The molecule has 2 fully saturated rings. The van der Waals surface area contributed by atoms with E-state index < -0.39 is 0 Å². The topological polar surface area (TPSA) is 0 Å². The Morgan fingerprint density at radius 1 is 0.667 bits per heavy atom. The van der Waals surface area contributed by atoms with Gasteiger partial charge in [0.05, 0.1) is 0 Å². The molecule has 0 aromatic rings. The molecule has 0 saturated heterocycles. The average Bonchev–Trinajstić information content (AvgIpc) is 2.38. The summed E-state index contributed by atoms with van der Waals surface area (Å²) in [5.41, 5.74) is 0. The lowest BCUT2D eigenvalue weighted by Gasteiger charge is -2.31. The largest absolute Gasteiger partial charge is 0.0628 e. The van der Waals surface area contributed by atoms with Crippen LogP contribution in [0.15, 0.2) is 0 Å². The molecule has 0 aromatic carbocycles. The molecular formula is C18H34. The molecule has 2 aliphatic carbocycles. The minimum Gasteiger partial charge on any atom is -0.0628 e. The highest BCUT2D eigenvalue weighted by Gasteiger charge is 2.23. The van der Waals surface area contributed by atoms with Crippen molar-refractivity contribution in [3.05, 3.63) is 0 Å². The van der Waals surface area contributed by atoms with Gasteiger partial charge in [0.1, 0.15) is 0 Å². The summed E-state index contributed by atoms with van der Waals surface area (Å²) in [4.78, 5) is 0. The molecule has 0 heteroatoms. The minimum absolute atomic E-state index is 0.911. The predicted octanol–water partition coefficient (Wildman–Crippen LogP) is 6.20. The van der Waals surface area contributed by atoms with Gasteiger partial charge in [-0.25, -0.2) is 0 Å². The summed E-state index contributed by atoms with van der Waals surface area (Å²) < 4.78 is 0. The van der Waals surface area contributed by atoms with E-state index in [1.165, 1.54) is 38.5 Å². The zero-order valence-corrected chi connectivity index (χ0v) is 12.8. The third-order valence-electron chi connectivity index (χ3n) is 5.48. The second kappa shape index (κ2) is 7.56. The van der Waals surface area contributed by atoms with Gasteiger partial charge in [-0.2, -0.15) is 0 Å². The summed E-state index contributed by atoms with van der Waals surface area (Å²) in [6.45, 7) is 4.77. The SMILES string of the molecule is CC(C)CC1CCC(CCC2CCCCC2)CC1. The maximum Gasteiger partial charge on any atom is -0.0412 e. The summed E-state index contributed by atoms with van der Waals surface area (Å²) in [5, 5.41) is 0. The van der Waals surface area contributed by atoms with E-state index in [1.807, 2.05) is 0 Å². The van der Waals surface area contributed by atoms with E-state index in [2.05, 4.69) is 13.8 Å². The van der Waals surface area contributed by atoms with Gasteiger partial charge < -0.3 is 0 Å². The van der Waals surface area contributed by atoms with Crippen molar-refractivity contribution in [1.29, 1.82) is 0 Å². The van der Waals surface area contributed by atoms with Gasteiger partial charge in [0.25, 0.3) is 0 Å². The molecule has 0 amide bonds. The van der Waals surface area contributed by atoms with E-state index in [0.717, 1.165) is 23.7 Å². The van der Waals surface area contributed by atoms with Crippen LogP contribution in [-0.2, 0) is 0 Å². The summed E-state index contributed by atoms with van der Waals surface area (Å²) >= 11 is 0. The van der Waals surface area contributed by atoms with Crippen LogP contribution >= 0.6 is 0 Å². The van der Waals surface area contributed by atoms with Crippen LogP contribution in [0.25, 0.3) is 0 Å². The summed E-state index contributed by atoms with van der Waals surface area (Å²) in [5.74, 6) is 4.17. The van der Waals surface area contributed by atoms with Gasteiger partial charge in [0.2, 0.25) is 0 Å². The summed E-state index contributed by atoms with van der Waals surface area (Å²) in [6, 6.07) is 0. The highest BCUT2D eigenvalue weighted by molar-refractivity contribution is 4.75. The summed E-state index contributed by atoms with van der Waals surface area (Å²) in [7, 11) is 0. The third-order valence-corrected chi connectivity index (χ3v) is 5.48. The first-order chi connectivity index (χ1) is 8.74. The first-order valence-electron chi connectivity index (χ1n) is 8.74. The molecule has 0 aromatic heterocycles. The molecule has 0 spiro atoms. The van der Waals surface area contributed by atoms with Gasteiger partial charge in [-0.15, -0.1) is 0 Å². The lowest BCUT2D eigenvalue weighted by atomic mass is 9.75. The van der Waals surface area contributed by atoms with E-state index >= 15 is 0 Å². The normalized spacial score (nSPS) is 30.8. The van der Waals surface area contributed by atoms with E-state index in [9.17, 15) is 0 Å². The number of rotatable bonds is 5. The molecule has 0 aliphatic heterocycles. The van der Waals surface area contributed by atoms with Gasteiger partial charge in [-0.05, 0) is 30.1 Å². The Bertz CT molecular complexity index is 204. The lowest BCUT2D eigenvalue weighted by Crippen LogP contribution is -2.17. The van der Waals surface area contributed by atoms with E-state index in [4.69, 9.17) is 0 Å². The van der Waals surface area contributed by atoms with Gasteiger partial charge in [0, 0.05) is 0 Å². The molecule has 0 radical (unpaired) electrons. The van der Waals surface area contributed by atoms with Crippen LogP contribution in [0.5, 0.6) is 0 Å². The third kappa shape index (κ3) is 4.94. The zero-order chi connectivity index (χ0) is 12.8. The Hall–Kier alpha value is 0. The van der Waals surface area contributed by atoms with Crippen molar-refractivity contribution in [2.45, 2.75) is 90.9 Å². The van der Waals surface area contributed by atoms with Gasteiger partial charge in [-0.1, -0.05) is 84.5 Å². The number of hydrogen-bond donors (Lipinski definition) is 0. The van der Waals surface area contributed by atoms with Crippen LogP contribution in [-0.4, -0.2) is 0 Å². The fourth-order valence-electron chi connectivity index (χ4n) is 4.37. The second-order valence-corrected chi connectivity index (χ2v) is 7.60. The Balaban J connectivity index is 1.58. The van der Waals surface area contributed by atoms with Crippen LogP contribution in [0.4, 0.5) is 0 Å². The molecule has 0 heterocycles. The minimum atomic E-state index is 0.911. The van der Waals surface area contributed by atoms with Crippen molar-refractivity contribution >= 4 is 0 Å². The van der Waals surface area contributed by atoms with Crippen molar-refractivity contribution in [2.24, 2.45) is 23.7 Å². The van der Waals surface area contributed by atoms with Crippen LogP contribution in [0.1, 0.15) is 90.9 Å². The Labute approximate surface area is 115 Å². The van der Waals surface area contributed by atoms with Crippen LogP contribution < -0.4 is 0 Å². The van der Waals surface area contributed by atoms with E-state index in [1.54, 1.807) is 38.5 Å². The van der Waals surface area contributed by atoms with Crippen molar-refractivity contribution in [1.82, 2.24) is 0 Å². The Morgan fingerprint density at radius 2 is 1.17 bits per heavy atom. The Kier molecular flexibility index (Phi) is 6.05. The molecule has 2 aliphatic rings. The maximum atomic E-state index is 2.38. The first-order valence-corrected chi connectivity index (χ1v) is 8.74. The zero-order valence-electron chi connectivity index (χ0n) is 12.8. The standard InChI is InChI=1S/C18H34/c1-15(2)14-18-12-10-17(11-13-18)9-8-16-6-4-3-5-7-16/h15-18H,3-14H2,1-2H3. The van der Waals surface area contributed by atoms with E-state index in [0.29, 0.717) is 0 Å². The molecule has 0 nitrogen and oxygen atoms in total. The first kappa shape index (κ1) is 14.4. The summed E-state index contributed by atoms with van der Waals surface area (Å²) in [6.07, 6.45) is 18.4. The molecular weight excluding hydrogens is 216 g/mol. The molecule has 0 bridgehead atoms. The molecule has 2 rings (SSSR count). The highest BCUT2D eigenvalue weighted by atomic mass is 14.3. The molecule has 0 N–H and O–H groups in total. The monoisotopic (exact) mass is 250 g/mol. The van der Waals surface area contributed by atoms with Gasteiger partial charge in [0.15, 0.2) is 0 Å². The maximum absolute atomic E-state index is 2.38.